The van der Waals surface area contributed by atoms with Crippen LogP contribution in [0, 0.1) is 5.92 Å². The molecule has 0 radical (unpaired) electrons. The molecule has 92 valence electrons. The van der Waals surface area contributed by atoms with Crippen LogP contribution in [-0.4, -0.2) is 30.8 Å². The molecule has 1 heterocycles. The van der Waals surface area contributed by atoms with E-state index in [1.165, 1.54) is 0 Å². The second kappa shape index (κ2) is 5.19. The first kappa shape index (κ1) is 11.9. The number of carbonyl (C=O) groups is 1. The number of rotatable bonds is 4. The van der Waals surface area contributed by atoms with Crippen LogP contribution in [0.15, 0.2) is 24.3 Å². The number of benzene rings is 1. The zero-order valence-corrected chi connectivity index (χ0v) is 9.85. The van der Waals surface area contributed by atoms with Crippen LogP contribution in [0.25, 0.3) is 0 Å². The molecule has 4 heteroatoms. The average molecular weight is 235 g/mol. The summed E-state index contributed by atoms with van der Waals surface area (Å²) in [4.78, 5) is 11.1. The lowest BCUT2D eigenvalue weighted by Gasteiger charge is -2.15. The number of nitrogens with one attached hydrogen (secondary N) is 1. The lowest BCUT2D eigenvalue weighted by atomic mass is 9.89. The minimum absolute atomic E-state index is 0.0585. The van der Waals surface area contributed by atoms with Gasteiger partial charge in [0.1, 0.15) is 5.75 Å². The van der Waals surface area contributed by atoms with E-state index in [1.54, 1.807) is 0 Å². The normalized spacial score (nSPS) is 23.6. The average Bonchev–Trinajstić information content (AvgIpc) is 2.79. The van der Waals surface area contributed by atoms with Gasteiger partial charge >= 0.3 is 5.97 Å². The van der Waals surface area contributed by atoms with Crippen LogP contribution in [0.1, 0.15) is 18.4 Å². The number of carboxylic acid groups (broad SMARTS) is 1. The van der Waals surface area contributed by atoms with Gasteiger partial charge in [-0.2, -0.15) is 0 Å². The molecule has 4 nitrogen and oxygen atoms in total. The monoisotopic (exact) mass is 235 g/mol. The highest BCUT2D eigenvalue weighted by atomic mass is 16.5. The van der Waals surface area contributed by atoms with Gasteiger partial charge in [-0.1, -0.05) is 12.1 Å². The summed E-state index contributed by atoms with van der Waals surface area (Å²) in [6, 6.07) is 7.71. The first-order valence-corrected chi connectivity index (χ1v) is 5.88. The van der Waals surface area contributed by atoms with Crippen LogP contribution in [0.5, 0.6) is 5.75 Å². The highest BCUT2D eigenvalue weighted by Crippen LogP contribution is 2.29. The molecule has 0 saturated carbocycles. The molecule has 17 heavy (non-hydrogen) atoms. The zero-order valence-electron chi connectivity index (χ0n) is 9.85. The molecule has 1 aromatic rings. The van der Waals surface area contributed by atoms with Crippen LogP contribution < -0.4 is 10.1 Å². The molecule has 2 rings (SSSR count). The van der Waals surface area contributed by atoms with Crippen molar-refractivity contribution in [1.29, 1.82) is 0 Å². The van der Waals surface area contributed by atoms with Crippen molar-refractivity contribution in [3.8, 4) is 5.75 Å². The molecule has 0 unspecified atom stereocenters. The Morgan fingerprint density at radius 2 is 2.12 bits per heavy atom. The van der Waals surface area contributed by atoms with Crippen molar-refractivity contribution in [3.05, 3.63) is 29.8 Å². The van der Waals surface area contributed by atoms with Gasteiger partial charge in [0.15, 0.2) is 0 Å². The number of ether oxygens (including phenoxy) is 1. The van der Waals surface area contributed by atoms with Gasteiger partial charge in [-0.25, -0.2) is 0 Å². The van der Waals surface area contributed by atoms with Crippen LogP contribution in [-0.2, 0) is 4.79 Å². The standard InChI is InChI=1S/C13H17NO3/c1-2-17-10-5-3-9(4-6-10)11-7-14-8-12(11)13(15)16/h3-6,11-12,14H,2,7-8H2,1H3,(H,15,16)/t11-,12+/m0/s1. The van der Waals surface area contributed by atoms with Crippen LogP contribution in [0.2, 0.25) is 0 Å². The summed E-state index contributed by atoms with van der Waals surface area (Å²) in [7, 11) is 0. The van der Waals surface area contributed by atoms with Crippen molar-refractivity contribution in [1.82, 2.24) is 5.32 Å². The van der Waals surface area contributed by atoms with E-state index in [1.807, 2.05) is 31.2 Å². The van der Waals surface area contributed by atoms with E-state index >= 15 is 0 Å². The lowest BCUT2D eigenvalue weighted by molar-refractivity contribution is -0.141. The molecule has 2 atom stereocenters. The van der Waals surface area contributed by atoms with E-state index in [0.717, 1.165) is 17.9 Å². The van der Waals surface area contributed by atoms with Gasteiger partial charge in [-0.15, -0.1) is 0 Å². The van der Waals surface area contributed by atoms with E-state index in [9.17, 15) is 4.79 Å². The molecule has 1 fully saturated rings. The molecule has 0 amide bonds. The van der Waals surface area contributed by atoms with Crippen LogP contribution in [0.4, 0.5) is 0 Å². The number of carboxylic acids is 1. The molecular formula is C13H17NO3. The number of aliphatic carboxylic acids is 1. The third-order valence-electron chi connectivity index (χ3n) is 3.15. The summed E-state index contributed by atoms with van der Waals surface area (Å²) < 4.78 is 5.37. The Hall–Kier alpha value is -1.55. The predicted octanol–water partition coefficient (Wildman–Crippen LogP) is 1.47. The van der Waals surface area contributed by atoms with Gasteiger partial charge < -0.3 is 15.2 Å². The van der Waals surface area contributed by atoms with Crippen molar-refractivity contribution in [3.63, 3.8) is 0 Å². The van der Waals surface area contributed by atoms with E-state index in [4.69, 9.17) is 9.84 Å². The van der Waals surface area contributed by atoms with Crippen molar-refractivity contribution >= 4 is 5.97 Å². The first-order valence-electron chi connectivity index (χ1n) is 5.88. The van der Waals surface area contributed by atoms with Gasteiger partial charge in [0, 0.05) is 19.0 Å². The Bertz CT molecular complexity index is 388. The van der Waals surface area contributed by atoms with E-state index in [-0.39, 0.29) is 11.8 Å². The maximum Gasteiger partial charge on any atom is 0.308 e. The molecular weight excluding hydrogens is 218 g/mol. The van der Waals surface area contributed by atoms with Gasteiger partial charge in [-0.05, 0) is 24.6 Å². The third-order valence-corrected chi connectivity index (χ3v) is 3.15. The fraction of sp³-hybridized carbons (Fsp3) is 0.462. The van der Waals surface area contributed by atoms with E-state index in [2.05, 4.69) is 5.32 Å². The van der Waals surface area contributed by atoms with Gasteiger partial charge in [-0.3, -0.25) is 4.79 Å². The summed E-state index contributed by atoms with van der Waals surface area (Å²) in [6.07, 6.45) is 0. The molecule has 0 bridgehead atoms. The quantitative estimate of drug-likeness (QED) is 0.829. The summed E-state index contributed by atoms with van der Waals surface area (Å²) in [5.74, 6) is -0.168. The Kier molecular flexibility index (Phi) is 3.64. The Labute approximate surface area is 101 Å². The Morgan fingerprint density at radius 1 is 1.41 bits per heavy atom. The second-order valence-corrected chi connectivity index (χ2v) is 4.21. The van der Waals surface area contributed by atoms with Gasteiger partial charge in [0.05, 0.1) is 12.5 Å². The van der Waals surface area contributed by atoms with Crippen molar-refractivity contribution < 1.29 is 14.6 Å². The maximum absolute atomic E-state index is 11.1. The van der Waals surface area contributed by atoms with Crippen molar-refractivity contribution in [2.24, 2.45) is 5.92 Å². The fourth-order valence-electron chi connectivity index (χ4n) is 2.27. The lowest BCUT2D eigenvalue weighted by Crippen LogP contribution is -2.20. The summed E-state index contributed by atoms with van der Waals surface area (Å²) in [6.45, 7) is 3.86. The van der Waals surface area contributed by atoms with Crippen molar-refractivity contribution in [2.75, 3.05) is 19.7 Å². The highest BCUT2D eigenvalue weighted by molar-refractivity contribution is 5.72. The summed E-state index contributed by atoms with van der Waals surface area (Å²) in [5, 5.41) is 12.2. The first-order chi connectivity index (χ1) is 8.22. The van der Waals surface area contributed by atoms with Gasteiger partial charge in [0.25, 0.3) is 0 Å². The summed E-state index contributed by atoms with van der Waals surface area (Å²) >= 11 is 0. The molecule has 1 saturated heterocycles. The molecule has 0 aromatic heterocycles. The van der Waals surface area contributed by atoms with Crippen molar-refractivity contribution in [2.45, 2.75) is 12.8 Å². The molecule has 1 aliphatic rings. The minimum Gasteiger partial charge on any atom is -0.494 e. The zero-order chi connectivity index (χ0) is 12.3. The van der Waals surface area contributed by atoms with Crippen LogP contribution >= 0.6 is 0 Å². The van der Waals surface area contributed by atoms with Crippen LogP contribution in [0.3, 0.4) is 0 Å². The third kappa shape index (κ3) is 2.58. The molecule has 0 spiro atoms. The minimum atomic E-state index is -0.728. The SMILES string of the molecule is CCOc1ccc([C@@H]2CNC[C@H]2C(=O)O)cc1. The topological polar surface area (TPSA) is 58.6 Å². The largest absolute Gasteiger partial charge is 0.494 e. The fourth-order valence-corrected chi connectivity index (χ4v) is 2.27. The predicted molar refractivity (Wildman–Crippen MR) is 64.3 cm³/mol. The number of hydrogen-bond acceptors (Lipinski definition) is 3. The van der Waals surface area contributed by atoms with Gasteiger partial charge in [0.2, 0.25) is 0 Å². The molecule has 0 aliphatic carbocycles. The molecule has 1 aliphatic heterocycles. The summed E-state index contributed by atoms with van der Waals surface area (Å²) in [5.41, 5.74) is 1.06. The highest BCUT2D eigenvalue weighted by Gasteiger charge is 2.33. The molecule has 2 N–H and O–H groups in total. The number of hydrogen-bond donors (Lipinski definition) is 2. The Balaban J connectivity index is 2.13. The Morgan fingerprint density at radius 3 is 2.71 bits per heavy atom. The molecule has 1 aromatic carbocycles. The maximum atomic E-state index is 11.1. The van der Waals surface area contributed by atoms with E-state index in [0.29, 0.717) is 13.2 Å². The second-order valence-electron chi connectivity index (χ2n) is 4.21. The van der Waals surface area contributed by atoms with E-state index < -0.39 is 5.97 Å². The smallest absolute Gasteiger partial charge is 0.308 e.